The third-order valence-electron chi connectivity index (χ3n) is 2.93. The SMILES string of the molecule is CN(C)c1ccc(-c2ccc(F)c(N)c2N)cc1. The topological polar surface area (TPSA) is 55.3 Å². The average Bonchev–Trinajstić information content (AvgIpc) is 2.36. The highest BCUT2D eigenvalue weighted by molar-refractivity contribution is 5.85. The fourth-order valence-corrected chi connectivity index (χ4v) is 1.80. The zero-order valence-corrected chi connectivity index (χ0v) is 10.4. The number of hydrogen-bond acceptors (Lipinski definition) is 3. The number of nitrogens with zero attached hydrogens (tertiary/aromatic N) is 1. The third-order valence-corrected chi connectivity index (χ3v) is 2.93. The first-order valence-electron chi connectivity index (χ1n) is 5.62. The molecule has 0 spiro atoms. The lowest BCUT2D eigenvalue weighted by molar-refractivity contribution is 0.633. The van der Waals surface area contributed by atoms with E-state index in [0.717, 1.165) is 16.8 Å². The maximum atomic E-state index is 13.2. The van der Waals surface area contributed by atoms with Gasteiger partial charge in [-0.05, 0) is 29.8 Å². The van der Waals surface area contributed by atoms with Gasteiger partial charge in [0.1, 0.15) is 5.82 Å². The largest absolute Gasteiger partial charge is 0.396 e. The summed E-state index contributed by atoms with van der Waals surface area (Å²) in [6.07, 6.45) is 0. The van der Waals surface area contributed by atoms with Crippen molar-refractivity contribution in [3.8, 4) is 11.1 Å². The van der Waals surface area contributed by atoms with Crippen LogP contribution in [0.3, 0.4) is 0 Å². The summed E-state index contributed by atoms with van der Waals surface area (Å²) >= 11 is 0. The van der Waals surface area contributed by atoms with Crippen molar-refractivity contribution >= 4 is 17.1 Å². The Balaban J connectivity index is 2.46. The lowest BCUT2D eigenvalue weighted by Crippen LogP contribution is -2.08. The Hall–Kier alpha value is -2.23. The molecule has 2 aromatic rings. The van der Waals surface area contributed by atoms with Crippen molar-refractivity contribution in [2.45, 2.75) is 0 Å². The average molecular weight is 245 g/mol. The number of anilines is 3. The molecule has 0 radical (unpaired) electrons. The summed E-state index contributed by atoms with van der Waals surface area (Å²) in [6, 6.07) is 10.8. The highest BCUT2D eigenvalue weighted by Gasteiger charge is 2.09. The van der Waals surface area contributed by atoms with Gasteiger partial charge in [0.2, 0.25) is 0 Å². The van der Waals surface area contributed by atoms with Crippen molar-refractivity contribution in [1.29, 1.82) is 0 Å². The van der Waals surface area contributed by atoms with E-state index in [2.05, 4.69) is 0 Å². The van der Waals surface area contributed by atoms with Crippen LogP contribution in [0.15, 0.2) is 36.4 Å². The summed E-state index contributed by atoms with van der Waals surface area (Å²) in [4.78, 5) is 2.01. The van der Waals surface area contributed by atoms with Gasteiger partial charge in [0.15, 0.2) is 0 Å². The van der Waals surface area contributed by atoms with E-state index in [4.69, 9.17) is 11.5 Å². The molecule has 0 amide bonds. The molecule has 2 aromatic carbocycles. The molecule has 2 rings (SSSR count). The Bertz CT molecular complexity index is 562. The van der Waals surface area contributed by atoms with E-state index >= 15 is 0 Å². The van der Waals surface area contributed by atoms with Crippen LogP contribution in [0, 0.1) is 5.82 Å². The fraction of sp³-hybridized carbons (Fsp3) is 0.143. The third kappa shape index (κ3) is 2.09. The molecule has 4 heteroatoms. The number of nitrogen functional groups attached to an aromatic ring is 2. The highest BCUT2D eigenvalue weighted by Crippen LogP contribution is 2.32. The van der Waals surface area contributed by atoms with Crippen molar-refractivity contribution in [1.82, 2.24) is 0 Å². The number of halogens is 1. The summed E-state index contributed by atoms with van der Waals surface area (Å²) in [5.74, 6) is -0.485. The minimum Gasteiger partial charge on any atom is -0.396 e. The Kier molecular flexibility index (Phi) is 3.10. The first-order chi connectivity index (χ1) is 8.50. The summed E-state index contributed by atoms with van der Waals surface area (Å²) in [5.41, 5.74) is 14.5. The van der Waals surface area contributed by atoms with Gasteiger partial charge in [-0.3, -0.25) is 0 Å². The maximum absolute atomic E-state index is 13.2. The van der Waals surface area contributed by atoms with E-state index in [1.807, 2.05) is 43.3 Å². The summed E-state index contributed by atoms with van der Waals surface area (Å²) in [5, 5.41) is 0. The van der Waals surface area contributed by atoms with Crippen molar-refractivity contribution in [2.75, 3.05) is 30.5 Å². The van der Waals surface area contributed by atoms with Crippen molar-refractivity contribution < 1.29 is 4.39 Å². The minimum atomic E-state index is -0.485. The molecule has 4 N–H and O–H groups in total. The highest BCUT2D eigenvalue weighted by atomic mass is 19.1. The number of benzene rings is 2. The normalized spacial score (nSPS) is 10.4. The summed E-state index contributed by atoms with van der Waals surface area (Å²) in [6.45, 7) is 0. The molecule has 0 fully saturated rings. The Labute approximate surface area is 106 Å². The second kappa shape index (κ2) is 4.56. The Morgan fingerprint density at radius 3 is 2.06 bits per heavy atom. The van der Waals surface area contributed by atoms with Crippen LogP contribution in [0.1, 0.15) is 0 Å². The van der Waals surface area contributed by atoms with Crippen molar-refractivity contribution in [3.63, 3.8) is 0 Å². The number of rotatable bonds is 2. The van der Waals surface area contributed by atoms with Crippen LogP contribution >= 0.6 is 0 Å². The van der Waals surface area contributed by atoms with Crippen LogP contribution < -0.4 is 16.4 Å². The maximum Gasteiger partial charge on any atom is 0.148 e. The van der Waals surface area contributed by atoms with Crippen LogP contribution in [0.2, 0.25) is 0 Å². The van der Waals surface area contributed by atoms with E-state index < -0.39 is 5.82 Å². The Morgan fingerprint density at radius 2 is 1.50 bits per heavy atom. The van der Waals surface area contributed by atoms with E-state index in [0.29, 0.717) is 0 Å². The second-order valence-electron chi connectivity index (χ2n) is 4.36. The fourth-order valence-electron chi connectivity index (χ4n) is 1.80. The minimum absolute atomic E-state index is 0.00388. The predicted octanol–water partition coefficient (Wildman–Crippen LogP) is 2.72. The lowest BCUT2D eigenvalue weighted by Gasteiger charge is -2.14. The van der Waals surface area contributed by atoms with Gasteiger partial charge in [-0.1, -0.05) is 12.1 Å². The standard InChI is InChI=1S/C14H16FN3/c1-18(2)10-5-3-9(4-6-10)11-7-8-12(15)14(17)13(11)16/h3-8H,16-17H2,1-2H3. The van der Waals surface area contributed by atoms with Gasteiger partial charge in [0.05, 0.1) is 11.4 Å². The van der Waals surface area contributed by atoms with Crippen molar-refractivity contribution in [3.05, 3.63) is 42.2 Å². The van der Waals surface area contributed by atoms with Crippen LogP contribution in [0.25, 0.3) is 11.1 Å². The summed E-state index contributed by atoms with van der Waals surface area (Å²) < 4.78 is 13.2. The lowest BCUT2D eigenvalue weighted by atomic mass is 10.0. The molecule has 0 aliphatic carbocycles. The molecular weight excluding hydrogens is 229 g/mol. The molecule has 0 bridgehead atoms. The Morgan fingerprint density at radius 1 is 0.889 bits per heavy atom. The van der Waals surface area contributed by atoms with Crippen molar-refractivity contribution in [2.24, 2.45) is 0 Å². The van der Waals surface area contributed by atoms with Gasteiger partial charge in [0, 0.05) is 25.3 Å². The summed E-state index contributed by atoms with van der Waals surface area (Å²) in [7, 11) is 3.94. The molecule has 0 atom stereocenters. The van der Waals surface area contributed by atoms with Gasteiger partial charge in [-0.2, -0.15) is 0 Å². The van der Waals surface area contributed by atoms with E-state index in [-0.39, 0.29) is 11.4 Å². The van der Waals surface area contributed by atoms with Gasteiger partial charge >= 0.3 is 0 Å². The molecule has 18 heavy (non-hydrogen) atoms. The second-order valence-corrected chi connectivity index (χ2v) is 4.36. The van der Waals surface area contributed by atoms with Gasteiger partial charge in [0.25, 0.3) is 0 Å². The molecule has 0 aliphatic rings. The van der Waals surface area contributed by atoms with Crippen LogP contribution in [0.4, 0.5) is 21.5 Å². The number of hydrogen-bond donors (Lipinski definition) is 2. The van der Waals surface area contributed by atoms with Crippen LogP contribution in [-0.4, -0.2) is 14.1 Å². The molecule has 0 aromatic heterocycles. The smallest absolute Gasteiger partial charge is 0.148 e. The molecule has 94 valence electrons. The first kappa shape index (κ1) is 12.2. The predicted molar refractivity (Wildman–Crippen MR) is 75.0 cm³/mol. The molecule has 0 saturated carbocycles. The molecule has 0 unspecified atom stereocenters. The zero-order valence-electron chi connectivity index (χ0n) is 10.4. The molecule has 0 saturated heterocycles. The first-order valence-corrected chi connectivity index (χ1v) is 5.62. The van der Waals surface area contributed by atoms with E-state index in [1.165, 1.54) is 6.07 Å². The molecule has 0 aliphatic heterocycles. The van der Waals surface area contributed by atoms with Gasteiger partial charge in [-0.25, -0.2) is 4.39 Å². The van der Waals surface area contributed by atoms with Crippen LogP contribution in [0.5, 0.6) is 0 Å². The zero-order chi connectivity index (χ0) is 13.3. The van der Waals surface area contributed by atoms with Crippen LogP contribution in [-0.2, 0) is 0 Å². The molecule has 3 nitrogen and oxygen atoms in total. The van der Waals surface area contributed by atoms with E-state index in [9.17, 15) is 4.39 Å². The number of nitrogens with two attached hydrogens (primary N) is 2. The monoisotopic (exact) mass is 245 g/mol. The van der Waals surface area contributed by atoms with E-state index in [1.54, 1.807) is 6.07 Å². The van der Waals surface area contributed by atoms with Gasteiger partial charge in [-0.15, -0.1) is 0 Å². The van der Waals surface area contributed by atoms with Gasteiger partial charge < -0.3 is 16.4 Å². The molecular formula is C14H16FN3. The molecule has 0 heterocycles. The quantitative estimate of drug-likeness (QED) is 0.800.